The first-order valence-corrected chi connectivity index (χ1v) is 5.30. The van der Waals surface area contributed by atoms with Gasteiger partial charge >= 0.3 is 0 Å². The van der Waals surface area contributed by atoms with E-state index in [1.807, 2.05) is 0 Å². The summed E-state index contributed by atoms with van der Waals surface area (Å²) in [6, 6.07) is 0.840. The number of nitrogens with one attached hydrogen (secondary N) is 2. The maximum Gasteiger partial charge on any atom is 0.171 e. The predicted molar refractivity (Wildman–Crippen MR) is 56.3 cm³/mol. The van der Waals surface area contributed by atoms with E-state index >= 15 is 0 Å². The molecule has 84 valence electrons. The highest BCUT2D eigenvalue weighted by Gasteiger charge is 2.20. The van der Waals surface area contributed by atoms with Gasteiger partial charge in [0.2, 0.25) is 0 Å². The summed E-state index contributed by atoms with van der Waals surface area (Å²) in [5.41, 5.74) is 0. The number of hydrogen-bond acceptors (Lipinski definition) is 4. The van der Waals surface area contributed by atoms with Gasteiger partial charge in [-0.3, -0.25) is 0 Å². The fourth-order valence-corrected chi connectivity index (χ4v) is 1.94. The zero-order valence-corrected chi connectivity index (χ0v) is 9.38. The Morgan fingerprint density at radius 1 is 1.21 bits per heavy atom. The largest absolute Gasteiger partial charge is 0.354 e. The van der Waals surface area contributed by atoms with Crippen LogP contribution in [-0.4, -0.2) is 45.7 Å². The summed E-state index contributed by atoms with van der Waals surface area (Å²) in [4.78, 5) is 0. The second-order valence-electron chi connectivity index (χ2n) is 3.82. The molecule has 1 fully saturated rings. The van der Waals surface area contributed by atoms with E-state index in [1.54, 1.807) is 14.2 Å². The summed E-state index contributed by atoms with van der Waals surface area (Å²) >= 11 is 0. The summed E-state index contributed by atoms with van der Waals surface area (Å²) in [7, 11) is 3.35. The van der Waals surface area contributed by atoms with E-state index in [9.17, 15) is 0 Å². The molecule has 0 amide bonds. The van der Waals surface area contributed by atoms with Crippen LogP contribution in [0.5, 0.6) is 0 Å². The lowest BCUT2D eigenvalue weighted by molar-refractivity contribution is -0.121. The van der Waals surface area contributed by atoms with E-state index in [1.165, 1.54) is 12.8 Å². The molecule has 0 aromatic heterocycles. The number of hydrogen-bond donors (Lipinski definition) is 2. The molecule has 0 aliphatic carbocycles. The molecule has 1 atom stereocenters. The molecular formula is C10H22N2O2. The molecule has 1 aliphatic rings. The lowest BCUT2D eigenvalue weighted by Gasteiger charge is -2.30. The molecule has 0 bridgehead atoms. The Kier molecular flexibility index (Phi) is 5.40. The van der Waals surface area contributed by atoms with Crippen LogP contribution in [0.3, 0.4) is 0 Å². The molecule has 0 saturated carbocycles. The van der Waals surface area contributed by atoms with E-state index in [-0.39, 0.29) is 12.3 Å². The van der Waals surface area contributed by atoms with Crippen molar-refractivity contribution in [3.05, 3.63) is 0 Å². The smallest absolute Gasteiger partial charge is 0.171 e. The molecule has 0 radical (unpaired) electrons. The molecule has 0 aromatic carbocycles. The van der Waals surface area contributed by atoms with Gasteiger partial charge in [0.25, 0.3) is 0 Å². The quantitative estimate of drug-likeness (QED) is 0.631. The third kappa shape index (κ3) is 3.53. The molecule has 1 heterocycles. The molecule has 4 nitrogen and oxygen atoms in total. The Morgan fingerprint density at radius 2 is 1.79 bits per heavy atom. The van der Waals surface area contributed by atoms with Gasteiger partial charge in [-0.1, -0.05) is 0 Å². The van der Waals surface area contributed by atoms with Crippen LogP contribution in [0.25, 0.3) is 0 Å². The van der Waals surface area contributed by atoms with Crippen molar-refractivity contribution in [1.82, 2.24) is 10.6 Å². The predicted octanol–water partition coefficient (Wildman–Crippen LogP) is 0.335. The van der Waals surface area contributed by atoms with Crippen molar-refractivity contribution in [3.63, 3.8) is 0 Å². The average molecular weight is 202 g/mol. The highest BCUT2D eigenvalue weighted by molar-refractivity contribution is 4.78. The van der Waals surface area contributed by atoms with Crippen LogP contribution in [-0.2, 0) is 9.47 Å². The van der Waals surface area contributed by atoms with E-state index < -0.39 is 0 Å². The zero-order valence-electron chi connectivity index (χ0n) is 9.38. The van der Waals surface area contributed by atoms with Crippen LogP contribution in [0.4, 0.5) is 0 Å². The lowest BCUT2D eigenvalue weighted by Crippen LogP contribution is -2.48. The summed E-state index contributed by atoms with van der Waals surface area (Å²) in [5.74, 6) is 0. The molecular weight excluding hydrogens is 180 g/mol. The number of rotatable bonds is 5. The standard InChI is InChI=1S/C10H22N2O2/c1-8(10(13-2)14-3)12-9-4-6-11-7-5-9/h8-12H,4-7H2,1-3H3. The summed E-state index contributed by atoms with van der Waals surface area (Å²) < 4.78 is 10.4. The summed E-state index contributed by atoms with van der Waals surface area (Å²) in [5, 5.41) is 6.87. The van der Waals surface area contributed by atoms with Crippen LogP contribution >= 0.6 is 0 Å². The topological polar surface area (TPSA) is 42.5 Å². The van der Waals surface area contributed by atoms with Gasteiger partial charge in [0.05, 0.1) is 6.04 Å². The first-order chi connectivity index (χ1) is 6.77. The first-order valence-electron chi connectivity index (χ1n) is 5.30. The third-order valence-electron chi connectivity index (χ3n) is 2.71. The van der Waals surface area contributed by atoms with E-state index in [4.69, 9.17) is 9.47 Å². The minimum atomic E-state index is -0.148. The molecule has 1 unspecified atom stereocenters. The molecule has 0 spiro atoms. The van der Waals surface area contributed by atoms with Gasteiger partial charge in [0.15, 0.2) is 6.29 Å². The normalized spacial score (nSPS) is 21.4. The van der Waals surface area contributed by atoms with E-state index in [0.717, 1.165) is 13.1 Å². The lowest BCUT2D eigenvalue weighted by atomic mass is 10.1. The monoisotopic (exact) mass is 202 g/mol. The van der Waals surface area contributed by atoms with E-state index in [2.05, 4.69) is 17.6 Å². The van der Waals surface area contributed by atoms with Crippen LogP contribution in [0.2, 0.25) is 0 Å². The number of methoxy groups -OCH3 is 2. The van der Waals surface area contributed by atoms with Crippen molar-refractivity contribution in [2.45, 2.75) is 38.1 Å². The van der Waals surface area contributed by atoms with Crippen molar-refractivity contribution in [2.24, 2.45) is 0 Å². The fourth-order valence-electron chi connectivity index (χ4n) is 1.94. The second kappa shape index (κ2) is 6.35. The van der Waals surface area contributed by atoms with Gasteiger partial charge < -0.3 is 20.1 Å². The number of ether oxygens (including phenoxy) is 2. The molecule has 2 N–H and O–H groups in total. The van der Waals surface area contributed by atoms with Gasteiger partial charge in [0.1, 0.15) is 0 Å². The highest BCUT2D eigenvalue weighted by Crippen LogP contribution is 2.06. The third-order valence-corrected chi connectivity index (χ3v) is 2.71. The maximum absolute atomic E-state index is 5.20. The van der Waals surface area contributed by atoms with E-state index in [0.29, 0.717) is 6.04 Å². The Bertz CT molecular complexity index is 145. The van der Waals surface area contributed by atoms with Gasteiger partial charge in [-0.25, -0.2) is 0 Å². The first kappa shape index (κ1) is 11.9. The Hall–Kier alpha value is -0.160. The van der Waals surface area contributed by atoms with Gasteiger partial charge in [-0.2, -0.15) is 0 Å². The molecule has 1 rings (SSSR count). The van der Waals surface area contributed by atoms with Crippen molar-refractivity contribution >= 4 is 0 Å². The second-order valence-corrected chi connectivity index (χ2v) is 3.82. The van der Waals surface area contributed by atoms with Crippen molar-refractivity contribution < 1.29 is 9.47 Å². The Morgan fingerprint density at radius 3 is 2.29 bits per heavy atom. The van der Waals surface area contributed by atoms with Crippen LogP contribution in [0, 0.1) is 0 Å². The van der Waals surface area contributed by atoms with Crippen molar-refractivity contribution in [1.29, 1.82) is 0 Å². The molecule has 0 aromatic rings. The highest BCUT2D eigenvalue weighted by atomic mass is 16.7. The molecule has 1 saturated heterocycles. The average Bonchev–Trinajstić information content (AvgIpc) is 2.21. The minimum Gasteiger partial charge on any atom is -0.354 e. The van der Waals surface area contributed by atoms with Crippen LogP contribution in [0.15, 0.2) is 0 Å². The Balaban J connectivity index is 2.26. The van der Waals surface area contributed by atoms with Crippen LogP contribution < -0.4 is 10.6 Å². The summed E-state index contributed by atoms with van der Waals surface area (Å²) in [6.07, 6.45) is 2.22. The van der Waals surface area contributed by atoms with Gasteiger partial charge in [-0.15, -0.1) is 0 Å². The van der Waals surface area contributed by atoms with Gasteiger partial charge in [0, 0.05) is 20.3 Å². The van der Waals surface area contributed by atoms with Crippen LogP contribution in [0.1, 0.15) is 19.8 Å². The van der Waals surface area contributed by atoms with Crippen molar-refractivity contribution in [2.75, 3.05) is 27.3 Å². The van der Waals surface area contributed by atoms with Crippen molar-refractivity contribution in [3.8, 4) is 0 Å². The molecule has 4 heteroatoms. The van der Waals surface area contributed by atoms with Gasteiger partial charge in [-0.05, 0) is 32.9 Å². The zero-order chi connectivity index (χ0) is 10.4. The minimum absolute atomic E-state index is 0.148. The molecule has 14 heavy (non-hydrogen) atoms. The maximum atomic E-state index is 5.20. The number of piperidine rings is 1. The fraction of sp³-hybridized carbons (Fsp3) is 1.00. The Labute approximate surface area is 86.3 Å². The summed E-state index contributed by atoms with van der Waals surface area (Å²) in [6.45, 7) is 4.31. The molecule has 1 aliphatic heterocycles. The SMILES string of the molecule is COC(OC)C(C)NC1CCNCC1.